The number of carbonyl (C=O) groups is 1. The molecule has 182 valence electrons. The number of aromatic nitrogens is 2. The lowest BCUT2D eigenvalue weighted by Gasteiger charge is -2.38. The average molecular weight is 463 g/mol. The summed E-state index contributed by atoms with van der Waals surface area (Å²) in [6, 6.07) is 17.0. The molecule has 6 heteroatoms. The summed E-state index contributed by atoms with van der Waals surface area (Å²) >= 11 is 0. The SMILES string of the molecule is COc1ccc(Cn2c(CN3CCC[C@@H](C(=O)N(C(C)C)C(C)C)C3)nc3ccccc32)cc1. The van der Waals surface area contributed by atoms with E-state index in [1.54, 1.807) is 7.11 Å². The third kappa shape index (κ3) is 5.27. The van der Waals surface area contributed by atoms with E-state index in [0.717, 1.165) is 61.6 Å². The van der Waals surface area contributed by atoms with Crippen molar-refractivity contribution in [2.24, 2.45) is 5.92 Å². The summed E-state index contributed by atoms with van der Waals surface area (Å²) in [6.07, 6.45) is 2.01. The van der Waals surface area contributed by atoms with Crippen LogP contribution in [0.25, 0.3) is 11.0 Å². The molecule has 0 N–H and O–H groups in total. The summed E-state index contributed by atoms with van der Waals surface area (Å²) in [6.45, 7) is 11.7. The van der Waals surface area contributed by atoms with Crippen LogP contribution >= 0.6 is 0 Å². The van der Waals surface area contributed by atoms with Crippen LogP contribution in [0.2, 0.25) is 0 Å². The zero-order valence-electron chi connectivity index (χ0n) is 21.2. The Morgan fingerprint density at radius 2 is 1.76 bits per heavy atom. The van der Waals surface area contributed by atoms with E-state index >= 15 is 0 Å². The maximum Gasteiger partial charge on any atom is 0.227 e. The number of piperidine rings is 1. The molecule has 34 heavy (non-hydrogen) atoms. The number of para-hydroxylation sites is 2. The monoisotopic (exact) mass is 462 g/mol. The number of methoxy groups -OCH3 is 1. The van der Waals surface area contributed by atoms with E-state index in [-0.39, 0.29) is 18.0 Å². The molecule has 0 aliphatic carbocycles. The van der Waals surface area contributed by atoms with Crippen LogP contribution in [-0.2, 0) is 17.9 Å². The molecule has 0 spiro atoms. The number of likely N-dealkylation sites (tertiary alicyclic amines) is 1. The van der Waals surface area contributed by atoms with Gasteiger partial charge in [-0.2, -0.15) is 0 Å². The Kier molecular flexibility index (Phi) is 7.57. The average Bonchev–Trinajstić information content (AvgIpc) is 3.16. The first-order valence-corrected chi connectivity index (χ1v) is 12.5. The molecule has 1 aliphatic rings. The minimum absolute atomic E-state index is 0.0537. The maximum absolute atomic E-state index is 13.3. The summed E-state index contributed by atoms with van der Waals surface area (Å²) in [5, 5.41) is 0. The Bertz CT molecular complexity index is 1100. The molecular weight excluding hydrogens is 424 g/mol. The Morgan fingerprint density at radius 3 is 2.44 bits per heavy atom. The lowest BCUT2D eigenvalue weighted by molar-refractivity contribution is -0.141. The number of imidazole rings is 1. The van der Waals surface area contributed by atoms with E-state index in [0.29, 0.717) is 5.91 Å². The van der Waals surface area contributed by atoms with Gasteiger partial charge < -0.3 is 14.2 Å². The summed E-state index contributed by atoms with van der Waals surface area (Å²) < 4.78 is 7.63. The van der Waals surface area contributed by atoms with E-state index in [1.165, 1.54) is 5.56 Å². The number of ether oxygens (including phenoxy) is 1. The second-order valence-electron chi connectivity index (χ2n) is 9.96. The fourth-order valence-corrected chi connectivity index (χ4v) is 5.25. The third-order valence-corrected chi connectivity index (χ3v) is 6.82. The predicted octanol–water partition coefficient (Wildman–Crippen LogP) is 4.95. The molecule has 1 fully saturated rings. The minimum Gasteiger partial charge on any atom is -0.497 e. The molecule has 4 rings (SSSR count). The summed E-state index contributed by atoms with van der Waals surface area (Å²) in [4.78, 5) is 22.8. The van der Waals surface area contributed by atoms with Gasteiger partial charge >= 0.3 is 0 Å². The van der Waals surface area contributed by atoms with Crippen molar-refractivity contribution in [2.45, 2.75) is 65.7 Å². The van der Waals surface area contributed by atoms with Crippen LogP contribution in [0.1, 0.15) is 51.9 Å². The fourth-order valence-electron chi connectivity index (χ4n) is 5.25. The van der Waals surface area contributed by atoms with Crippen molar-refractivity contribution in [3.63, 3.8) is 0 Å². The number of fused-ring (bicyclic) bond motifs is 1. The van der Waals surface area contributed by atoms with Crippen LogP contribution in [0, 0.1) is 5.92 Å². The van der Waals surface area contributed by atoms with Crippen molar-refractivity contribution in [2.75, 3.05) is 20.2 Å². The van der Waals surface area contributed by atoms with Gasteiger partial charge in [0.1, 0.15) is 11.6 Å². The molecule has 1 aliphatic heterocycles. The van der Waals surface area contributed by atoms with Gasteiger partial charge in [0.15, 0.2) is 0 Å². The highest BCUT2D eigenvalue weighted by Gasteiger charge is 2.32. The van der Waals surface area contributed by atoms with Crippen molar-refractivity contribution in [3.8, 4) is 5.75 Å². The van der Waals surface area contributed by atoms with E-state index in [4.69, 9.17) is 9.72 Å². The first-order valence-electron chi connectivity index (χ1n) is 12.5. The molecule has 0 bridgehead atoms. The second kappa shape index (κ2) is 10.6. The maximum atomic E-state index is 13.3. The molecule has 1 atom stereocenters. The van der Waals surface area contributed by atoms with Crippen LogP contribution in [0.5, 0.6) is 5.75 Å². The zero-order valence-corrected chi connectivity index (χ0v) is 21.2. The summed E-state index contributed by atoms with van der Waals surface area (Å²) in [7, 11) is 1.69. The number of carbonyl (C=O) groups excluding carboxylic acids is 1. The number of benzene rings is 2. The van der Waals surface area contributed by atoms with Crippen molar-refractivity contribution >= 4 is 16.9 Å². The normalized spacial score (nSPS) is 17.0. The molecule has 0 unspecified atom stereocenters. The van der Waals surface area contributed by atoms with Crippen molar-refractivity contribution in [1.29, 1.82) is 0 Å². The number of amides is 1. The number of nitrogens with zero attached hydrogens (tertiary/aromatic N) is 4. The van der Waals surface area contributed by atoms with Crippen LogP contribution in [0.4, 0.5) is 0 Å². The highest BCUT2D eigenvalue weighted by molar-refractivity contribution is 5.80. The lowest BCUT2D eigenvalue weighted by atomic mass is 9.95. The highest BCUT2D eigenvalue weighted by Crippen LogP contribution is 2.25. The quantitative estimate of drug-likeness (QED) is 0.475. The molecule has 0 saturated carbocycles. The predicted molar refractivity (Wildman–Crippen MR) is 137 cm³/mol. The summed E-state index contributed by atoms with van der Waals surface area (Å²) in [5.41, 5.74) is 3.37. The first-order chi connectivity index (χ1) is 16.4. The Labute approximate surface area is 203 Å². The second-order valence-corrected chi connectivity index (χ2v) is 9.96. The molecule has 2 aromatic carbocycles. The van der Waals surface area contributed by atoms with Gasteiger partial charge in [-0.25, -0.2) is 4.98 Å². The minimum atomic E-state index is 0.0537. The molecule has 0 radical (unpaired) electrons. The molecule has 1 amide bonds. The van der Waals surface area contributed by atoms with Gasteiger partial charge in [0.2, 0.25) is 5.91 Å². The van der Waals surface area contributed by atoms with Gasteiger partial charge in [-0.3, -0.25) is 9.69 Å². The highest BCUT2D eigenvalue weighted by atomic mass is 16.5. The zero-order chi connectivity index (χ0) is 24.2. The smallest absolute Gasteiger partial charge is 0.227 e. The van der Waals surface area contributed by atoms with Crippen molar-refractivity contribution in [1.82, 2.24) is 19.4 Å². The van der Waals surface area contributed by atoms with E-state index in [9.17, 15) is 4.79 Å². The van der Waals surface area contributed by atoms with Gasteiger partial charge in [0, 0.05) is 25.2 Å². The molecule has 1 aromatic heterocycles. The molecular formula is C28H38N4O2. The van der Waals surface area contributed by atoms with E-state index in [2.05, 4.69) is 67.5 Å². The van der Waals surface area contributed by atoms with Crippen molar-refractivity contribution in [3.05, 3.63) is 59.9 Å². The van der Waals surface area contributed by atoms with Crippen LogP contribution < -0.4 is 4.74 Å². The number of hydrogen-bond acceptors (Lipinski definition) is 4. The third-order valence-electron chi connectivity index (χ3n) is 6.82. The Hall–Kier alpha value is -2.86. The van der Waals surface area contributed by atoms with Gasteiger partial charge in [-0.15, -0.1) is 0 Å². The van der Waals surface area contributed by atoms with Gasteiger partial charge in [-0.1, -0.05) is 24.3 Å². The van der Waals surface area contributed by atoms with Crippen LogP contribution in [0.3, 0.4) is 0 Å². The topological polar surface area (TPSA) is 50.6 Å². The molecule has 6 nitrogen and oxygen atoms in total. The van der Waals surface area contributed by atoms with Crippen molar-refractivity contribution < 1.29 is 9.53 Å². The number of rotatable bonds is 8. The molecule has 3 aromatic rings. The van der Waals surface area contributed by atoms with Crippen LogP contribution in [0.15, 0.2) is 48.5 Å². The fraction of sp³-hybridized carbons (Fsp3) is 0.500. The van der Waals surface area contributed by atoms with E-state index < -0.39 is 0 Å². The first kappa shape index (κ1) is 24.3. The summed E-state index contributed by atoms with van der Waals surface area (Å²) in [5.74, 6) is 2.26. The van der Waals surface area contributed by atoms with Crippen LogP contribution in [-0.4, -0.2) is 57.5 Å². The van der Waals surface area contributed by atoms with E-state index in [1.807, 2.05) is 23.1 Å². The Balaban J connectivity index is 1.55. The largest absolute Gasteiger partial charge is 0.497 e. The van der Waals surface area contributed by atoms with Gasteiger partial charge in [0.25, 0.3) is 0 Å². The van der Waals surface area contributed by atoms with Gasteiger partial charge in [0.05, 0.1) is 30.6 Å². The molecule has 2 heterocycles. The molecule has 1 saturated heterocycles. The Morgan fingerprint density at radius 1 is 1.06 bits per heavy atom. The standard InChI is InChI=1S/C28H38N4O2/c1-20(2)32(21(3)4)28(33)23-9-8-16-30(18-23)19-27-29-25-10-6-7-11-26(25)31(27)17-22-12-14-24(34-5)15-13-22/h6-7,10-15,20-21,23H,8-9,16-19H2,1-5H3/t23-/m1/s1. The number of hydrogen-bond donors (Lipinski definition) is 0. The lowest BCUT2D eigenvalue weighted by Crippen LogP contribution is -2.49. The van der Waals surface area contributed by atoms with Gasteiger partial charge in [-0.05, 0) is 76.9 Å².